The van der Waals surface area contributed by atoms with Gasteiger partial charge in [0.2, 0.25) is 0 Å². The van der Waals surface area contributed by atoms with Crippen LogP contribution in [-0.2, 0) is 13.0 Å². The molecule has 102 valence electrons. The molecule has 1 atom stereocenters. The van der Waals surface area contributed by atoms with Crippen LogP contribution in [0, 0.1) is 12.8 Å². The second-order valence-electron chi connectivity index (χ2n) is 5.53. The fourth-order valence-corrected chi connectivity index (χ4v) is 2.52. The molecule has 1 N–H and O–H groups in total. The standard InChI is InChI=1S/C13H25N5/c1-11-15-16-13(18(11)8-7-17(2)3)9-12-5-4-6-14-10-12/h12,14H,4-10H2,1-3H3. The van der Waals surface area contributed by atoms with E-state index in [1.165, 1.54) is 19.4 Å². The Bertz CT molecular complexity index is 365. The third-order valence-electron chi connectivity index (χ3n) is 3.65. The summed E-state index contributed by atoms with van der Waals surface area (Å²) in [5.41, 5.74) is 0. The van der Waals surface area contributed by atoms with E-state index in [2.05, 4.69) is 39.1 Å². The number of aryl methyl sites for hydroxylation is 1. The van der Waals surface area contributed by atoms with Crippen LogP contribution in [0.25, 0.3) is 0 Å². The lowest BCUT2D eigenvalue weighted by Gasteiger charge is -2.22. The third-order valence-corrected chi connectivity index (χ3v) is 3.65. The molecule has 0 bridgehead atoms. The summed E-state index contributed by atoms with van der Waals surface area (Å²) < 4.78 is 2.27. The Morgan fingerprint density at radius 1 is 1.39 bits per heavy atom. The lowest BCUT2D eigenvalue weighted by Crippen LogP contribution is -2.31. The van der Waals surface area contributed by atoms with Gasteiger partial charge in [-0.1, -0.05) is 0 Å². The van der Waals surface area contributed by atoms with Crippen molar-refractivity contribution < 1.29 is 0 Å². The van der Waals surface area contributed by atoms with Crippen LogP contribution in [0.1, 0.15) is 24.5 Å². The van der Waals surface area contributed by atoms with Crippen molar-refractivity contribution in [3.05, 3.63) is 11.6 Å². The highest BCUT2D eigenvalue weighted by atomic mass is 15.3. The summed E-state index contributed by atoms with van der Waals surface area (Å²) in [5, 5.41) is 12.1. The third kappa shape index (κ3) is 3.53. The van der Waals surface area contributed by atoms with Gasteiger partial charge in [0, 0.05) is 19.5 Å². The van der Waals surface area contributed by atoms with Crippen molar-refractivity contribution in [2.45, 2.75) is 32.7 Å². The second-order valence-corrected chi connectivity index (χ2v) is 5.53. The van der Waals surface area contributed by atoms with Crippen LogP contribution in [0.3, 0.4) is 0 Å². The van der Waals surface area contributed by atoms with E-state index < -0.39 is 0 Å². The van der Waals surface area contributed by atoms with E-state index in [0.29, 0.717) is 0 Å². The maximum absolute atomic E-state index is 4.35. The normalized spacial score (nSPS) is 20.6. The predicted octanol–water partition coefficient (Wildman–Crippen LogP) is 0.690. The van der Waals surface area contributed by atoms with Gasteiger partial charge < -0.3 is 14.8 Å². The van der Waals surface area contributed by atoms with E-state index in [9.17, 15) is 0 Å². The van der Waals surface area contributed by atoms with Crippen LogP contribution < -0.4 is 5.32 Å². The monoisotopic (exact) mass is 251 g/mol. The fraction of sp³-hybridized carbons (Fsp3) is 0.846. The van der Waals surface area contributed by atoms with Crippen LogP contribution in [0.15, 0.2) is 0 Å². The van der Waals surface area contributed by atoms with Crippen LogP contribution in [0.2, 0.25) is 0 Å². The molecule has 1 aromatic heterocycles. The van der Waals surface area contributed by atoms with Crippen molar-refractivity contribution >= 4 is 0 Å². The molecule has 18 heavy (non-hydrogen) atoms. The first-order valence-electron chi connectivity index (χ1n) is 6.91. The zero-order valence-electron chi connectivity index (χ0n) is 11.8. The van der Waals surface area contributed by atoms with E-state index in [0.717, 1.165) is 43.6 Å². The molecule has 2 heterocycles. The summed E-state index contributed by atoms with van der Waals surface area (Å²) in [4.78, 5) is 2.20. The van der Waals surface area contributed by atoms with Gasteiger partial charge in [0.1, 0.15) is 11.6 Å². The van der Waals surface area contributed by atoms with Crippen molar-refractivity contribution in [1.29, 1.82) is 0 Å². The van der Waals surface area contributed by atoms with E-state index in [4.69, 9.17) is 0 Å². The highest BCUT2D eigenvalue weighted by Gasteiger charge is 2.17. The maximum atomic E-state index is 4.35. The topological polar surface area (TPSA) is 46.0 Å². The SMILES string of the molecule is Cc1nnc(CC2CCCNC2)n1CCN(C)C. The van der Waals surface area contributed by atoms with Gasteiger partial charge in [-0.3, -0.25) is 0 Å². The van der Waals surface area contributed by atoms with E-state index in [-0.39, 0.29) is 0 Å². The number of rotatable bonds is 5. The average Bonchev–Trinajstić information content (AvgIpc) is 2.69. The Morgan fingerprint density at radius 2 is 2.22 bits per heavy atom. The van der Waals surface area contributed by atoms with Crippen molar-refractivity contribution in [2.75, 3.05) is 33.7 Å². The number of piperidine rings is 1. The Kier molecular flexibility index (Phi) is 4.72. The molecule has 0 spiro atoms. The van der Waals surface area contributed by atoms with Gasteiger partial charge in [0.05, 0.1) is 0 Å². The van der Waals surface area contributed by atoms with Crippen LogP contribution in [-0.4, -0.2) is 53.4 Å². The fourth-order valence-electron chi connectivity index (χ4n) is 2.52. The van der Waals surface area contributed by atoms with E-state index in [1.807, 2.05) is 6.92 Å². The molecule has 1 fully saturated rings. The predicted molar refractivity (Wildman–Crippen MR) is 72.6 cm³/mol. The van der Waals surface area contributed by atoms with Gasteiger partial charge >= 0.3 is 0 Å². The Morgan fingerprint density at radius 3 is 2.89 bits per heavy atom. The molecule has 0 amide bonds. The molecule has 1 unspecified atom stereocenters. The number of hydrogen-bond donors (Lipinski definition) is 1. The van der Waals surface area contributed by atoms with Crippen molar-refractivity contribution in [2.24, 2.45) is 5.92 Å². The lowest BCUT2D eigenvalue weighted by atomic mass is 9.96. The number of nitrogens with one attached hydrogen (secondary N) is 1. The van der Waals surface area contributed by atoms with E-state index in [1.54, 1.807) is 0 Å². The van der Waals surface area contributed by atoms with Crippen LogP contribution in [0.4, 0.5) is 0 Å². The number of aromatic nitrogens is 3. The molecule has 2 rings (SSSR count). The Labute approximate surface area is 110 Å². The van der Waals surface area contributed by atoms with Crippen molar-refractivity contribution in [3.8, 4) is 0 Å². The summed E-state index contributed by atoms with van der Waals surface area (Å²) >= 11 is 0. The summed E-state index contributed by atoms with van der Waals surface area (Å²) in [6, 6.07) is 0. The molecule has 0 aliphatic carbocycles. The average molecular weight is 251 g/mol. The summed E-state index contributed by atoms with van der Waals surface area (Å²) in [6.07, 6.45) is 3.66. The zero-order chi connectivity index (χ0) is 13.0. The lowest BCUT2D eigenvalue weighted by molar-refractivity contribution is 0.353. The minimum Gasteiger partial charge on any atom is -0.316 e. The molecular formula is C13H25N5. The molecule has 5 heteroatoms. The first-order valence-corrected chi connectivity index (χ1v) is 6.91. The van der Waals surface area contributed by atoms with Crippen LogP contribution in [0.5, 0.6) is 0 Å². The Balaban J connectivity index is 1.98. The highest BCUT2D eigenvalue weighted by Crippen LogP contribution is 2.15. The van der Waals surface area contributed by atoms with Gasteiger partial charge in [0.15, 0.2) is 0 Å². The largest absolute Gasteiger partial charge is 0.316 e. The number of nitrogens with zero attached hydrogens (tertiary/aromatic N) is 4. The summed E-state index contributed by atoms with van der Waals surface area (Å²) in [5.74, 6) is 2.92. The molecule has 0 aromatic carbocycles. The first kappa shape index (κ1) is 13.5. The van der Waals surface area contributed by atoms with Crippen molar-refractivity contribution in [3.63, 3.8) is 0 Å². The van der Waals surface area contributed by atoms with E-state index >= 15 is 0 Å². The van der Waals surface area contributed by atoms with Gasteiger partial charge in [-0.2, -0.15) is 0 Å². The minimum atomic E-state index is 0.723. The second kappa shape index (κ2) is 6.29. The number of likely N-dealkylation sites (N-methyl/N-ethyl adjacent to an activating group) is 1. The zero-order valence-corrected chi connectivity index (χ0v) is 11.8. The Hall–Kier alpha value is -0.940. The van der Waals surface area contributed by atoms with Gasteiger partial charge in [-0.15, -0.1) is 10.2 Å². The minimum absolute atomic E-state index is 0.723. The molecule has 1 saturated heterocycles. The van der Waals surface area contributed by atoms with Crippen molar-refractivity contribution in [1.82, 2.24) is 25.0 Å². The summed E-state index contributed by atoms with van der Waals surface area (Å²) in [7, 11) is 4.20. The number of hydrogen-bond acceptors (Lipinski definition) is 4. The molecule has 1 aliphatic heterocycles. The highest BCUT2D eigenvalue weighted by molar-refractivity contribution is 4.96. The molecule has 1 aliphatic rings. The maximum Gasteiger partial charge on any atom is 0.133 e. The molecule has 0 radical (unpaired) electrons. The van der Waals surface area contributed by atoms with Gasteiger partial charge in [-0.05, 0) is 52.9 Å². The first-order chi connectivity index (χ1) is 8.66. The smallest absolute Gasteiger partial charge is 0.133 e. The summed E-state index contributed by atoms with van der Waals surface area (Å²) in [6.45, 7) is 6.36. The van der Waals surface area contributed by atoms with Gasteiger partial charge in [-0.25, -0.2) is 0 Å². The quantitative estimate of drug-likeness (QED) is 0.836. The van der Waals surface area contributed by atoms with Gasteiger partial charge in [0.25, 0.3) is 0 Å². The molecule has 5 nitrogen and oxygen atoms in total. The molecule has 0 saturated carbocycles. The molecule has 1 aromatic rings. The van der Waals surface area contributed by atoms with Crippen LogP contribution >= 0.6 is 0 Å². The molecular weight excluding hydrogens is 226 g/mol.